The monoisotopic (exact) mass is 462 g/mol. The lowest BCUT2D eigenvalue weighted by molar-refractivity contribution is 0.0519. The van der Waals surface area contributed by atoms with Crippen LogP contribution >= 0.6 is 34.5 Å². The van der Waals surface area contributed by atoms with Gasteiger partial charge >= 0.3 is 5.97 Å². The van der Waals surface area contributed by atoms with Crippen LogP contribution in [0.5, 0.6) is 0 Å². The minimum absolute atomic E-state index is 0.0540. The number of H-pyrrole nitrogens is 1. The van der Waals surface area contributed by atoms with Gasteiger partial charge in [-0.2, -0.15) is 0 Å². The summed E-state index contributed by atoms with van der Waals surface area (Å²) in [5.74, 6) is -0.982. The Kier molecular flexibility index (Phi) is 6.70. The number of anilines is 1. The Hall–Kier alpha value is -1.84. The summed E-state index contributed by atoms with van der Waals surface area (Å²) in [6.07, 6.45) is -0.932. The Balaban J connectivity index is 1.65. The van der Waals surface area contributed by atoms with E-state index in [0.29, 0.717) is 23.8 Å². The molecule has 0 aliphatic carbocycles. The molecule has 2 N–H and O–H groups in total. The molecule has 0 spiro atoms. The van der Waals surface area contributed by atoms with Crippen LogP contribution in [0.4, 0.5) is 9.52 Å². The standard InChI is InChI=1S/C18H21Cl2FN4O3S/c1-4-28-17(27)14-9(3)29-18(24-14)25-6-5-11(10(21)7-25)23-16(26)15-13(20)12(19)8(2)22-15/h10-11,22H,4-7H2,1-3H3,(H,23,26)/t10-,11+/m0/s1. The van der Waals surface area contributed by atoms with Gasteiger partial charge in [0.05, 0.1) is 29.2 Å². The van der Waals surface area contributed by atoms with Crippen LogP contribution in [-0.2, 0) is 4.74 Å². The van der Waals surface area contributed by atoms with Crippen LogP contribution in [0.2, 0.25) is 10.0 Å². The second-order valence-corrected chi connectivity index (χ2v) is 8.64. The molecular formula is C18H21Cl2FN4O3S. The molecule has 2 aromatic heterocycles. The number of carbonyl (C=O) groups excluding carboxylic acids is 2. The Bertz CT molecular complexity index is 933. The topological polar surface area (TPSA) is 87.3 Å². The summed E-state index contributed by atoms with van der Waals surface area (Å²) >= 11 is 13.4. The fraction of sp³-hybridized carbons (Fsp3) is 0.500. The number of amides is 1. The molecule has 0 saturated carbocycles. The summed E-state index contributed by atoms with van der Waals surface area (Å²) in [5, 5.41) is 3.65. The maximum Gasteiger partial charge on any atom is 0.358 e. The fourth-order valence-electron chi connectivity index (χ4n) is 3.12. The molecule has 2 aromatic rings. The molecule has 158 valence electrons. The molecule has 7 nitrogen and oxygen atoms in total. The van der Waals surface area contributed by atoms with E-state index in [-0.39, 0.29) is 34.6 Å². The Morgan fingerprint density at radius 2 is 2.10 bits per heavy atom. The number of ether oxygens (including phenoxy) is 1. The molecule has 1 aliphatic rings. The van der Waals surface area contributed by atoms with Crippen LogP contribution in [0.15, 0.2) is 0 Å². The van der Waals surface area contributed by atoms with Crippen molar-refractivity contribution in [1.82, 2.24) is 15.3 Å². The average Bonchev–Trinajstić information content (AvgIpc) is 3.19. The maximum atomic E-state index is 14.8. The number of hydrogen-bond acceptors (Lipinski definition) is 6. The van der Waals surface area contributed by atoms with Gasteiger partial charge in [-0.1, -0.05) is 23.2 Å². The third-order valence-corrected chi connectivity index (χ3v) is 6.64. The van der Waals surface area contributed by atoms with Crippen molar-refractivity contribution < 1.29 is 18.7 Å². The van der Waals surface area contributed by atoms with Crippen LogP contribution in [0.1, 0.15) is 44.9 Å². The van der Waals surface area contributed by atoms with Crippen LogP contribution < -0.4 is 10.2 Å². The van der Waals surface area contributed by atoms with Crippen molar-refractivity contribution >= 4 is 51.5 Å². The summed E-state index contributed by atoms with van der Waals surface area (Å²) in [6.45, 7) is 6.00. The normalized spacial score (nSPS) is 19.3. The van der Waals surface area contributed by atoms with Gasteiger partial charge in [0.2, 0.25) is 0 Å². The van der Waals surface area contributed by atoms with E-state index >= 15 is 0 Å². The summed E-state index contributed by atoms with van der Waals surface area (Å²) < 4.78 is 19.8. The number of nitrogens with one attached hydrogen (secondary N) is 2. The average molecular weight is 463 g/mol. The molecule has 0 unspecified atom stereocenters. The van der Waals surface area contributed by atoms with Crippen molar-refractivity contribution in [3.63, 3.8) is 0 Å². The van der Waals surface area contributed by atoms with Crippen LogP contribution in [-0.4, -0.2) is 53.8 Å². The number of piperidine rings is 1. The Labute approximate surface area is 181 Å². The zero-order valence-corrected chi connectivity index (χ0v) is 18.5. The lowest BCUT2D eigenvalue weighted by Crippen LogP contribution is -2.52. The van der Waals surface area contributed by atoms with Gasteiger partial charge in [-0.05, 0) is 27.2 Å². The van der Waals surface area contributed by atoms with Crippen molar-refractivity contribution in [1.29, 1.82) is 0 Å². The summed E-state index contributed by atoms with van der Waals surface area (Å²) in [4.78, 5) is 34.0. The number of carbonyl (C=O) groups is 2. The predicted molar refractivity (Wildman–Crippen MR) is 111 cm³/mol. The van der Waals surface area contributed by atoms with E-state index < -0.39 is 24.1 Å². The molecule has 3 rings (SSSR count). The molecule has 1 aliphatic heterocycles. The highest BCUT2D eigenvalue weighted by Crippen LogP contribution is 2.31. The minimum atomic E-state index is -1.31. The third-order valence-electron chi connectivity index (χ3n) is 4.66. The van der Waals surface area contributed by atoms with Gasteiger partial charge in [-0.15, -0.1) is 11.3 Å². The van der Waals surface area contributed by atoms with Crippen LogP contribution in [0.3, 0.4) is 0 Å². The summed E-state index contributed by atoms with van der Waals surface area (Å²) in [7, 11) is 0. The van der Waals surface area contributed by atoms with E-state index in [9.17, 15) is 14.0 Å². The number of halogens is 3. The number of nitrogens with zero attached hydrogens (tertiary/aromatic N) is 2. The molecule has 1 fully saturated rings. The van der Waals surface area contributed by atoms with Crippen molar-refractivity contribution in [2.24, 2.45) is 0 Å². The quantitative estimate of drug-likeness (QED) is 0.657. The van der Waals surface area contributed by atoms with Gasteiger partial charge < -0.3 is 19.9 Å². The molecule has 3 heterocycles. The number of aryl methyl sites for hydroxylation is 2. The minimum Gasteiger partial charge on any atom is -0.461 e. The predicted octanol–water partition coefficient (Wildman–Crippen LogP) is 3.92. The highest BCUT2D eigenvalue weighted by Gasteiger charge is 2.33. The second kappa shape index (κ2) is 8.89. The van der Waals surface area contributed by atoms with E-state index in [1.807, 2.05) is 0 Å². The molecule has 2 atom stereocenters. The molecule has 0 bridgehead atoms. The van der Waals surface area contributed by atoms with E-state index in [2.05, 4.69) is 15.3 Å². The number of alkyl halides is 1. The molecule has 1 amide bonds. The largest absolute Gasteiger partial charge is 0.461 e. The van der Waals surface area contributed by atoms with E-state index in [0.717, 1.165) is 4.88 Å². The van der Waals surface area contributed by atoms with Crippen molar-refractivity contribution in [3.05, 3.63) is 32.0 Å². The van der Waals surface area contributed by atoms with Gasteiger partial charge in [-0.25, -0.2) is 14.2 Å². The lowest BCUT2D eigenvalue weighted by atomic mass is 10.0. The van der Waals surface area contributed by atoms with Crippen molar-refractivity contribution in [3.8, 4) is 0 Å². The van der Waals surface area contributed by atoms with E-state index in [4.69, 9.17) is 27.9 Å². The Morgan fingerprint density at radius 1 is 1.38 bits per heavy atom. The third kappa shape index (κ3) is 4.51. The number of rotatable bonds is 5. The smallest absolute Gasteiger partial charge is 0.358 e. The second-order valence-electron chi connectivity index (χ2n) is 6.71. The van der Waals surface area contributed by atoms with E-state index in [1.165, 1.54) is 11.3 Å². The van der Waals surface area contributed by atoms with E-state index in [1.54, 1.807) is 25.7 Å². The first kappa shape index (κ1) is 21.9. The highest BCUT2D eigenvalue weighted by molar-refractivity contribution is 7.15. The molecular weight excluding hydrogens is 442 g/mol. The van der Waals surface area contributed by atoms with Gasteiger partial charge in [0.1, 0.15) is 11.9 Å². The SMILES string of the molecule is CCOC(=O)c1nc(N2CC[C@@H](NC(=O)c3[nH]c(C)c(Cl)c3Cl)[C@@H](F)C2)sc1C. The number of hydrogen-bond donors (Lipinski definition) is 2. The first-order valence-electron chi connectivity index (χ1n) is 9.10. The number of esters is 1. The van der Waals surface area contributed by atoms with Gasteiger partial charge in [0.15, 0.2) is 10.8 Å². The highest BCUT2D eigenvalue weighted by atomic mass is 35.5. The van der Waals surface area contributed by atoms with Crippen molar-refractivity contribution in [2.45, 2.75) is 39.4 Å². The van der Waals surface area contributed by atoms with Crippen LogP contribution in [0, 0.1) is 13.8 Å². The molecule has 0 aromatic carbocycles. The molecule has 11 heteroatoms. The number of aromatic amines is 1. The molecule has 1 saturated heterocycles. The van der Waals surface area contributed by atoms with Crippen molar-refractivity contribution in [2.75, 3.05) is 24.6 Å². The van der Waals surface area contributed by atoms with Crippen LogP contribution in [0.25, 0.3) is 0 Å². The first-order chi connectivity index (χ1) is 13.7. The summed E-state index contributed by atoms with van der Waals surface area (Å²) in [6, 6.07) is -0.664. The first-order valence-corrected chi connectivity index (χ1v) is 10.7. The Morgan fingerprint density at radius 3 is 2.69 bits per heavy atom. The van der Waals surface area contributed by atoms with Gasteiger partial charge in [0.25, 0.3) is 5.91 Å². The zero-order valence-electron chi connectivity index (χ0n) is 16.1. The number of aromatic nitrogens is 2. The lowest BCUT2D eigenvalue weighted by Gasteiger charge is -2.34. The fourth-order valence-corrected chi connectivity index (χ4v) is 4.46. The number of thiazole rings is 1. The summed E-state index contributed by atoms with van der Waals surface area (Å²) in [5.41, 5.74) is 0.953. The maximum absolute atomic E-state index is 14.8. The zero-order chi connectivity index (χ0) is 21.3. The molecule has 0 radical (unpaired) electrons. The van der Waals surface area contributed by atoms with Gasteiger partial charge in [0, 0.05) is 17.1 Å². The van der Waals surface area contributed by atoms with Gasteiger partial charge in [-0.3, -0.25) is 4.79 Å². The molecule has 29 heavy (non-hydrogen) atoms.